The summed E-state index contributed by atoms with van der Waals surface area (Å²) in [6.07, 6.45) is 6.48. The van der Waals surface area contributed by atoms with Gasteiger partial charge in [0.15, 0.2) is 0 Å². The molecule has 1 unspecified atom stereocenters. The van der Waals surface area contributed by atoms with Crippen LogP contribution in [0.5, 0.6) is 0 Å². The maximum absolute atomic E-state index is 10.5. The van der Waals surface area contributed by atoms with Gasteiger partial charge in [0.1, 0.15) is 0 Å². The van der Waals surface area contributed by atoms with Gasteiger partial charge in [-0.3, -0.25) is 0 Å². The fraction of sp³-hybridized carbons (Fsp3) is 0.700. The Bertz CT molecular complexity index is 178. The standard InChI is InChI=1S/C10H19NO2/c1-4-5-6-7-8-9(2)11(3)10(12)13/h7-9H,4-6H2,1-3H3,(H,12,13). The van der Waals surface area contributed by atoms with Gasteiger partial charge in [0.25, 0.3) is 0 Å². The van der Waals surface area contributed by atoms with Crippen molar-refractivity contribution in [3.8, 4) is 0 Å². The highest BCUT2D eigenvalue weighted by atomic mass is 16.4. The lowest BCUT2D eigenvalue weighted by Gasteiger charge is -2.18. The van der Waals surface area contributed by atoms with Gasteiger partial charge in [-0.05, 0) is 13.3 Å². The van der Waals surface area contributed by atoms with Gasteiger partial charge in [0, 0.05) is 7.05 Å². The fourth-order valence-corrected chi connectivity index (χ4v) is 0.918. The van der Waals surface area contributed by atoms with Crippen LogP contribution in [-0.4, -0.2) is 29.2 Å². The molecule has 0 aromatic rings. The molecule has 13 heavy (non-hydrogen) atoms. The number of allylic oxidation sites excluding steroid dienone is 1. The lowest BCUT2D eigenvalue weighted by atomic mass is 10.2. The molecule has 0 aromatic carbocycles. The first-order valence-corrected chi connectivity index (χ1v) is 4.72. The molecule has 0 aliphatic rings. The van der Waals surface area contributed by atoms with Gasteiger partial charge in [0.2, 0.25) is 0 Å². The third-order valence-electron chi connectivity index (χ3n) is 2.05. The van der Waals surface area contributed by atoms with Gasteiger partial charge in [-0.25, -0.2) is 4.79 Å². The molecule has 76 valence electrons. The highest BCUT2D eigenvalue weighted by Gasteiger charge is 2.09. The first-order valence-electron chi connectivity index (χ1n) is 4.72. The number of hydrogen-bond acceptors (Lipinski definition) is 1. The van der Waals surface area contributed by atoms with Crippen molar-refractivity contribution in [1.29, 1.82) is 0 Å². The van der Waals surface area contributed by atoms with E-state index in [1.54, 1.807) is 7.05 Å². The second kappa shape index (κ2) is 6.52. The van der Waals surface area contributed by atoms with Crippen molar-refractivity contribution in [2.75, 3.05) is 7.05 Å². The van der Waals surface area contributed by atoms with Crippen LogP contribution in [0.25, 0.3) is 0 Å². The molecule has 0 spiro atoms. The zero-order chi connectivity index (χ0) is 10.3. The Labute approximate surface area is 80.0 Å². The van der Waals surface area contributed by atoms with Crippen molar-refractivity contribution >= 4 is 6.09 Å². The van der Waals surface area contributed by atoms with Crippen LogP contribution in [0.3, 0.4) is 0 Å². The Morgan fingerprint density at radius 3 is 2.69 bits per heavy atom. The minimum Gasteiger partial charge on any atom is -0.465 e. The van der Waals surface area contributed by atoms with E-state index >= 15 is 0 Å². The lowest BCUT2D eigenvalue weighted by Crippen LogP contribution is -2.32. The quantitative estimate of drug-likeness (QED) is 0.528. The molecule has 0 saturated heterocycles. The van der Waals surface area contributed by atoms with E-state index in [0.29, 0.717) is 0 Å². The molecular formula is C10H19NO2. The summed E-state index contributed by atoms with van der Waals surface area (Å²) < 4.78 is 0. The van der Waals surface area contributed by atoms with Gasteiger partial charge in [-0.15, -0.1) is 0 Å². The highest BCUT2D eigenvalue weighted by Crippen LogP contribution is 2.01. The summed E-state index contributed by atoms with van der Waals surface area (Å²) in [4.78, 5) is 11.8. The summed E-state index contributed by atoms with van der Waals surface area (Å²) >= 11 is 0. The largest absolute Gasteiger partial charge is 0.465 e. The first-order chi connectivity index (χ1) is 6.09. The van der Waals surface area contributed by atoms with Crippen LogP contribution >= 0.6 is 0 Å². The molecule has 0 saturated carbocycles. The normalized spacial score (nSPS) is 13.2. The van der Waals surface area contributed by atoms with E-state index in [1.165, 1.54) is 17.7 Å². The molecule has 0 radical (unpaired) electrons. The molecule has 3 heteroatoms. The third kappa shape index (κ3) is 5.28. The van der Waals surface area contributed by atoms with Crippen molar-refractivity contribution < 1.29 is 9.90 Å². The Morgan fingerprint density at radius 2 is 2.23 bits per heavy atom. The number of carbonyl (C=O) groups is 1. The number of amides is 1. The van der Waals surface area contributed by atoms with Crippen LogP contribution in [0, 0.1) is 0 Å². The monoisotopic (exact) mass is 185 g/mol. The molecule has 0 rings (SSSR count). The molecule has 0 bridgehead atoms. The number of nitrogens with zero attached hydrogens (tertiary/aromatic N) is 1. The predicted molar refractivity (Wildman–Crippen MR) is 53.9 cm³/mol. The van der Waals surface area contributed by atoms with E-state index in [4.69, 9.17) is 5.11 Å². The predicted octanol–water partition coefficient (Wildman–Crippen LogP) is 2.73. The Hall–Kier alpha value is -0.990. The minimum absolute atomic E-state index is 0.0330. The molecular weight excluding hydrogens is 166 g/mol. The summed E-state index contributed by atoms with van der Waals surface area (Å²) in [6.45, 7) is 4.01. The molecule has 1 amide bonds. The SMILES string of the molecule is CCCCC=CC(C)N(C)C(=O)O. The summed E-state index contributed by atoms with van der Waals surface area (Å²) in [5.41, 5.74) is 0. The number of likely N-dealkylation sites (N-methyl/N-ethyl adjacent to an activating group) is 1. The Kier molecular flexibility index (Phi) is 6.02. The molecule has 0 fully saturated rings. The highest BCUT2D eigenvalue weighted by molar-refractivity contribution is 5.65. The minimum atomic E-state index is -0.882. The van der Waals surface area contributed by atoms with Crippen LogP contribution in [0.2, 0.25) is 0 Å². The van der Waals surface area contributed by atoms with Crippen molar-refractivity contribution in [2.24, 2.45) is 0 Å². The molecule has 1 N–H and O–H groups in total. The van der Waals surface area contributed by atoms with E-state index < -0.39 is 6.09 Å². The van der Waals surface area contributed by atoms with E-state index in [2.05, 4.69) is 6.92 Å². The van der Waals surface area contributed by atoms with E-state index in [9.17, 15) is 4.79 Å². The maximum atomic E-state index is 10.5. The van der Waals surface area contributed by atoms with Crippen molar-refractivity contribution in [2.45, 2.75) is 39.2 Å². The summed E-state index contributed by atoms with van der Waals surface area (Å²) in [5, 5.41) is 8.65. The number of hydrogen-bond donors (Lipinski definition) is 1. The summed E-state index contributed by atoms with van der Waals surface area (Å²) in [6, 6.07) is -0.0330. The third-order valence-corrected chi connectivity index (χ3v) is 2.05. The van der Waals surface area contributed by atoms with Crippen LogP contribution in [0.1, 0.15) is 33.1 Å². The number of unbranched alkanes of at least 4 members (excludes halogenated alkanes) is 2. The fourth-order valence-electron chi connectivity index (χ4n) is 0.918. The first kappa shape index (κ1) is 12.0. The zero-order valence-electron chi connectivity index (χ0n) is 8.66. The van der Waals surface area contributed by atoms with Crippen LogP contribution in [0.15, 0.2) is 12.2 Å². The number of rotatable bonds is 5. The zero-order valence-corrected chi connectivity index (χ0v) is 8.66. The van der Waals surface area contributed by atoms with Gasteiger partial charge < -0.3 is 10.0 Å². The lowest BCUT2D eigenvalue weighted by molar-refractivity contribution is 0.149. The van der Waals surface area contributed by atoms with Gasteiger partial charge in [-0.2, -0.15) is 0 Å². The van der Waals surface area contributed by atoms with Crippen molar-refractivity contribution in [1.82, 2.24) is 4.90 Å². The topological polar surface area (TPSA) is 40.5 Å². The maximum Gasteiger partial charge on any atom is 0.407 e. The molecule has 1 atom stereocenters. The summed E-state index contributed by atoms with van der Waals surface area (Å²) in [7, 11) is 1.58. The van der Waals surface area contributed by atoms with Crippen molar-refractivity contribution in [3.05, 3.63) is 12.2 Å². The number of carboxylic acid groups (broad SMARTS) is 1. The Balaban J connectivity index is 3.77. The van der Waals surface area contributed by atoms with Crippen LogP contribution < -0.4 is 0 Å². The average molecular weight is 185 g/mol. The molecule has 0 aliphatic carbocycles. The van der Waals surface area contributed by atoms with Gasteiger partial charge >= 0.3 is 6.09 Å². The van der Waals surface area contributed by atoms with Crippen LogP contribution in [0.4, 0.5) is 4.79 Å². The second-order valence-corrected chi connectivity index (χ2v) is 3.20. The molecule has 0 aromatic heterocycles. The van der Waals surface area contributed by atoms with Crippen molar-refractivity contribution in [3.63, 3.8) is 0 Å². The average Bonchev–Trinajstić information content (AvgIpc) is 2.10. The second-order valence-electron chi connectivity index (χ2n) is 3.20. The van der Waals surface area contributed by atoms with E-state index in [1.807, 2.05) is 19.1 Å². The van der Waals surface area contributed by atoms with E-state index in [0.717, 1.165) is 6.42 Å². The molecule has 0 heterocycles. The Morgan fingerprint density at radius 1 is 1.62 bits per heavy atom. The summed E-state index contributed by atoms with van der Waals surface area (Å²) in [5.74, 6) is 0. The van der Waals surface area contributed by atoms with Crippen LogP contribution in [-0.2, 0) is 0 Å². The van der Waals surface area contributed by atoms with Gasteiger partial charge in [-0.1, -0.05) is 31.9 Å². The van der Waals surface area contributed by atoms with E-state index in [-0.39, 0.29) is 6.04 Å². The molecule has 0 aliphatic heterocycles. The van der Waals surface area contributed by atoms with Gasteiger partial charge in [0.05, 0.1) is 6.04 Å². The smallest absolute Gasteiger partial charge is 0.407 e. The molecule has 3 nitrogen and oxygen atoms in total.